The lowest BCUT2D eigenvalue weighted by atomic mass is 10.2. The molecule has 0 aromatic rings. The highest BCUT2D eigenvalue weighted by atomic mass is 35.8. The van der Waals surface area contributed by atoms with E-state index < -0.39 is 6.00 Å². The number of allylic oxidation sites excluding steroid dienone is 1. The van der Waals surface area contributed by atoms with E-state index >= 15 is 0 Å². The summed E-state index contributed by atoms with van der Waals surface area (Å²) in [5.74, 6) is 0. The molecular formula is C6H11Cl3Si. The average Bonchev–Trinajstić information content (AvgIpc) is 1.78. The molecule has 0 aromatic carbocycles. The van der Waals surface area contributed by atoms with E-state index in [9.17, 15) is 0 Å². The first-order valence-electron chi connectivity index (χ1n) is 3.30. The second-order valence-corrected chi connectivity index (χ2v) is 10.6. The second-order valence-electron chi connectivity index (χ2n) is 2.09. The summed E-state index contributed by atoms with van der Waals surface area (Å²) in [5.41, 5.74) is 1.73. The summed E-state index contributed by atoms with van der Waals surface area (Å²) in [7, 11) is 0. The smallest absolute Gasteiger partial charge is 0.121 e. The fourth-order valence-electron chi connectivity index (χ4n) is 0.539. The van der Waals surface area contributed by atoms with Crippen molar-refractivity contribution >= 4 is 39.2 Å². The minimum Gasteiger partial charge on any atom is -0.121 e. The van der Waals surface area contributed by atoms with E-state index in [2.05, 4.69) is 6.92 Å². The van der Waals surface area contributed by atoms with Crippen LogP contribution in [0.25, 0.3) is 0 Å². The van der Waals surface area contributed by atoms with Crippen molar-refractivity contribution in [3.63, 3.8) is 0 Å². The molecule has 0 aliphatic carbocycles. The summed E-state index contributed by atoms with van der Waals surface area (Å²) in [6.07, 6.45) is 5.34. The molecule has 0 saturated heterocycles. The Morgan fingerprint density at radius 3 is 2.30 bits per heavy atom. The standard InChI is InChI=1S/C6H11Cl3Si/c1-2-3-4-5-6-10(7,8)9/h5-6H,2-4H2,1H3/b6-5-. The third kappa shape index (κ3) is 8.83. The van der Waals surface area contributed by atoms with Crippen molar-refractivity contribution in [3.8, 4) is 0 Å². The molecular weight excluding hydrogens is 207 g/mol. The lowest BCUT2D eigenvalue weighted by Gasteiger charge is -1.97. The summed E-state index contributed by atoms with van der Waals surface area (Å²) in [4.78, 5) is 0. The van der Waals surface area contributed by atoms with Gasteiger partial charge in [-0.3, -0.25) is 0 Å². The van der Waals surface area contributed by atoms with E-state index in [1.807, 2.05) is 6.08 Å². The Labute approximate surface area is 77.3 Å². The van der Waals surface area contributed by atoms with E-state index in [1.165, 1.54) is 12.8 Å². The van der Waals surface area contributed by atoms with Crippen LogP contribution in [0.3, 0.4) is 0 Å². The molecule has 0 N–H and O–H groups in total. The van der Waals surface area contributed by atoms with Gasteiger partial charge < -0.3 is 0 Å². The van der Waals surface area contributed by atoms with Crippen LogP contribution in [-0.2, 0) is 0 Å². The third-order valence-corrected chi connectivity index (χ3v) is 2.78. The van der Waals surface area contributed by atoms with Crippen LogP contribution in [0, 0.1) is 0 Å². The van der Waals surface area contributed by atoms with Crippen LogP contribution in [0.5, 0.6) is 0 Å². The van der Waals surface area contributed by atoms with Crippen LogP contribution in [0.4, 0.5) is 0 Å². The molecule has 0 bridgehead atoms. The van der Waals surface area contributed by atoms with Crippen molar-refractivity contribution in [3.05, 3.63) is 11.8 Å². The van der Waals surface area contributed by atoms with Crippen LogP contribution in [0.2, 0.25) is 0 Å². The molecule has 0 rings (SSSR count). The molecule has 0 atom stereocenters. The van der Waals surface area contributed by atoms with Gasteiger partial charge in [-0.25, -0.2) is 0 Å². The number of rotatable bonds is 4. The van der Waals surface area contributed by atoms with Gasteiger partial charge in [-0.2, -0.15) is 0 Å². The van der Waals surface area contributed by atoms with Crippen LogP contribution >= 0.6 is 33.2 Å². The molecule has 4 heteroatoms. The lowest BCUT2D eigenvalue weighted by molar-refractivity contribution is 0.815. The van der Waals surface area contributed by atoms with Gasteiger partial charge in [0.25, 0.3) is 0 Å². The first kappa shape index (κ1) is 10.8. The molecule has 0 fully saturated rings. The Hall–Kier alpha value is 0.827. The molecule has 0 unspecified atom stereocenters. The zero-order valence-corrected chi connectivity index (χ0v) is 9.18. The van der Waals surface area contributed by atoms with Crippen LogP contribution in [-0.4, -0.2) is 6.00 Å². The molecule has 0 heterocycles. The summed E-state index contributed by atoms with van der Waals surface area (Å²) in [6.45, 7) is 2.14. The topological polar surface area (TPSA) is 0 Å². The maximum atomic E-state index is 5.60. The molecule has 0 amide bonds. The Morgan fingerprint density at radius 2 is 1.90 bits per heavy atom. The minimum atomic E-state index is -2.47. The Kier molecular flexibility index (Phi) is 5.93. The zero-order valence-electron chi connectivity index (χ0n) is 5.91. The Bertz CT molecular complexity index is 106. The van der Waals surface area contributed by atoms with E-state index in [0.717, 1.165) is 6.42 Å². The number of unbranched alkanes of at least 4 members (excludes halogenated alkanes) is 2. The van der Waals surface area contributed by atoms with Gasteiger partial charge in [-0.1, -0.05) is 31.5 Å². The Morgan fingerprint density at radius 1 is 1.30 bits per heavy atom. The molecule has 0 spiro atoms. The van der Waals surface area contributed by atoms with Crippen molar-refractivity contribution in [2.75, 3.05) is 0 Å². The zero-order chi connectivity index (χ0) is 8.04. The van der Waals surface area contributed by atoms with Gasteiger partial charge in [0.2, 0.25) is 0 Å². The van der Waals surface area contributed by atoms with Gasteiger partial charge in [0.15, 0.2) is 0 Å². The van der Waals surface area contributed by atoms with Gasteiger partial charge >= 0.3 is 6.00 Å². The molecule has 0 aliphatic heterocycles. The van der Waals surface area contributed by atoms with Crippen molar-refractivity contribution < 1.29 is 0 Å². The summed E-state index contributed by atoms with van der Waals surface area (Å²) in [6, 6.07) is -2.47. The van der Waals surface area contributed by atoms with Crippen molar-refractivity contribution in [2.45, 2.75) is 26.2 Å². The predicted octanol–water partition coefficient (Wildman–Crippen LogP) is 3.93. The van der Waals surface area contributed by atoms with E-state index in [-0.39, 0.29) is 0 Å². The maximum absolute atomic E-state index is 5.60. The van der Waals surface area contributed by atoms with Crippen LogP contribution in [0.1, 0.15) is 26.2 Å². The average molecular weight is 218 g/mol. The molecule has 0 aromatic heterocycles. The van der Waals surface area contributed by atoms with E-state index in [1.54, 1.807) is 5.70 Å². The number of hydrogen-bond acceptors (Lipinski definition) is 0. The molecule has 60 valence electrons. The molecule has 0 nitrogen and oxygen atoms in total. The summed E-state index contributed by atoms with van der Waals surface area (Å²) >= 11 is 16.8. The SMILES string of the molecule is CCCC/C=C\[Si](Cl)(Cl)Cl. The van der Waals surface area contributed by atoms with E-state index in [0.29, 0.717) is 0 Å². The lowest BCUT2D eigenvalue weighted by Crippen LogP contribution is -2.02. The largest absolute Gasteiger partial charge is 0.365 e. The van der Waals surface area contributed by atoms with Gasteiger partial charge in [0.1, 0.15) is 0 Å². The monoisotopic (exact) mass is 216 g/mol. The highest BCUT2D eigenvalue weighted by Crippen LogP contribution is 2.21. The summed E-state index contributed by atoms with van der Waals surface area (Å²) in [5, 5.41) is 0. The first-order valence-corrected chi connectivity index (χ1v) is 8.42. The number of halogens is 3. The Balaban J connectivity index is 3.37. The van der Waals surface area contributed by atoms with E-state index in [4.69, 9.17) is 33.2 Å². The van der Waals surface area contributed by atoms with Crippen molar-refractivity contribution in [1.29, 1.82) is 0 Å². The quantitative estimate of drug-likeness (QED) is 0.380. The van der Waals surface area contributed by atoms with Crippen molar-refractivity contribution in [2.24, 2.45) is 0 Å². The fraction of sp³-hybridized carbons (Fsp3) is 0.667. The van der Waals surface area contributed by atoms with Gasteiger partial charge in [0.05, 0.1) is 0 Å². The minimum absolute atomic E-state index is 1.03. The van der Waals surface area contributed by atoms with Crippen LogP contribution < -0.4 is 0 Å². The highest BCUT2D eigenvalue weighted by Gasteiger charge is 2.19. The molecule has 0 saturated carbocycles. The first-order chi connectivity index (χ1) is 4.56. The normalized spacial score (nSPS) is 12.8. The van der Waals surface area contributed by atoms with Gasteiger partial charge in [0, 0.05) is 0 Å². The molecule has 10 heavy (non-hydrogen) atoms. The van der Waals surface area contributed by atoms with Gasteiger partial charge in [-0.05, 0) is 6.42 Å². The summed E-state index contributed by atoms with van der Waals surface area (Å²) < 4.78 is 0. The molecule has 0 aliphatic rings. The highest BCUT2D eigenvalue weighted by molar-refractivity contribution is 7.66. The predicted molar refractivity (Wildman–Crippen MR) is 52.0 cm³/mol. The molecule has 0 radical (unpaired) electrons. The third-order valence-electron chi connectivity index (χ3n) is 1.03. The maximum Gasteiger partial charge on any atom is 0.365 e. The second kappa shape index (κ2) is 5.47. The van der Waals surface area contributed by atoms with Gasteiger partial charge in [-0.15, -0.1) is 33.2 Å². The number of hydrogen-bond donors (Lipinski definition) is 0. The van der Waals surface area contributed by atoms with Crippen LogP contribution in [0.15, 0.2) is 11.8 Å². The fourth-order valence-corrected chi connectivity index (χ4v) is 1.77. The van der Waals surface area contributed by atoms with Crippen molar-refractivity contribution in [1.82, 2.24) is 0 Å².